The number of amides is 4. The predicted octanol–water partition coefficient (Wildman–Crippen LogP) is 2.49. The molecule has 2 heterocycles. The second-order valence-electron chi connectivity index (χ2n) is 7.31. The van der Waals surface area contributed by atoms with E-state index >= 15 is 0 Å². The lowest BCUT2D eigenvalue weighted by atomic mass is 10.1. The van der Waals surface area contributed by atoms with Gasteiger partial charge in [-0.15, -0.1) is 0 Å². The van der Waals surface area contributed by atoms with E-state index in [1.165, 1.54) is 12.1 Å². The Morgan fingerprint density at radius 3 is 2.64 bits per heavy atom. The minimum Gasteiger partial charge on any atom is -0.387 e. The molecule has 3 N–H and O–H groups in total. The number of carbonyl (C=O) groups is 2. The molecule has 0 spiro atoms. The number of carbonyl (C=O) groups excluding carboxylic acids is 2. The summed E-state index contributed by atoms with van der Waals surface area (Å²) < 4.78 is 13.5. The standard InChI is InChI=1S/C19H26ClFN4O3/c20-15-6-5-13(10-16(15)21)17(26)11-22-18(27)23-14-4-3-9-25(12-14)19(28)24-7-1-2-8-24/h5-6,10,14,17,26H,1-4,7-9,11-12H2,(H2,22,23,27). The number of nitrogens with one attached hydrogen (secondary N) is 2. The lowest BCUT2D eigenvalue weighted by Crippen LogP contribution is -2.54. The molecule has 2 atom stereocenters. The van der Waals surface area contributed by atoms with E-state index in [1.54, 1.807) is 4.90 Å². The Hall–Kier alpha value is -2.06. The van der Waals surface area contributed by atoms with E-state index in [9.17, 15) is 19.1 Å². The van der Waals surface area contributed by atoms with Crippen LogP contribution in [0.3, 0.4) is 0 Å². The van der Waals surface area contributed by atoms with Crippen LogP contribution in [0, 0.1) is 5.82 Å². The zero-order chi connectivity index (χ0) is 20.1. The smallest absolute Gasteiger partial charge is 0.320 e. The molecule has 0 aliphatic carbocycles. The number of aliphatic hydroxyl groups is 1. The molecule has 2 unspecified atom stereocenters. The zero-order valence-corrected chi connectivity index (χ0v) is 16.4. The Morgan fingerprint density at radius 2 is 1.93 bits per heavy atom. The highest BCUT2D eigenvalue weighted by atomic mass is 35.5. The van der Waals surface area contributed by atoms with Gasteiger partial charge in [0.15, 0.2) is 0 Å². The number of piperidine rings is 1. The zero-order valence-electron chi connectivity index (χ0n) is 15.7. The molecule has 7 nitrogen and oxygen atoms in total. The van der Waals surface area contributed by atoms with Gasteiger partial charge in [-0.25, -0.2) is 14.0 Å². The van der Waals surface area contributed by atoms with Gasteiger partial charge in [0.05, 0.1) is 11.1 Å². The Balaban J connectivity index is 1.44. The lowest BCUT2D eigenvalue weighted by Gasteiger charge is -2.35. The van der Waals surface area contributed by atoms with Crippen molar-refractivity contribution in [2.45, 2.75) is 37.8 Å². The molecule has 154 valence electrons. The molecule has 0 radical (unpaired) electrons. The van der Waals surface area contributed by atoms with Gasteiger partial charge in [0.25, 0.3) is 0 Å². The number of hydrogen-bond acceptors (Lipinski definition) is 3. The van der Waals surface area contributed by atoms with Crippen LogP contribution in [-0.2, 0) is 0 Å². The maximum Gasteiger partial charge on any atom is 0.320 e. The first-order valence-electron chi connectivity index (χ1n) is 9.65. The molecule has 2 aliphatic heterocycles. The third-order valence-corrected chi connectivity index (χ3v) is 5.49. The van der Waals surface area contributed by atoms with Gasteiger partial charge in [0.1, 0.15) is 5.82 Å². The fourth-order valence-corrected chi connectivity index (χ4v) is 3.76. The van der Waals surface area contributed by atoms with Crippen molar-refractivity contribution in [1.29, 1.82) is 0 Å². The number of hydrogen-bond donors (Lipinski definition) is 3. The predicted molar refractivity (Wildman–Crippen MR) is 104 cm³/mol. The average molecular weight is 413 g/mol. The number of urea groups is 2. The monoisotopic (exact) mass is 412 g/mol. The Kier molecular flexibility index (Phi) is 6.96. The van der Waals surface area contributed by atoms with Gasteiger partial charge in [-0.2, -0.15) is 0 Å². The Bertz CT molecular complexity index is 714. The van der Waals surface area contributed by atoms with E-state index in [0.29, 0.717) is 18.7 Å². The number of aliphatic hydroxyl groups excluding tert-OH is 1. The van der Waals surface area contributed by atoms with Crippen LogP contribution in [0.4, 0.5) is 14.0 Å². The SMILES string of the molecule is O=C(NCC(O)c1ccc(Cl)c(F)c1)NC1CCCN(C(=O)N2CCCC2)C1. The summed E-state index contributed by atoms with van der Waals surface area (Å²) in [5, 5.41) is 15.5. The molecule has 1 aromatic rings. The van der Waals surface area contributed by atoms with E-state index in [2.05, 4.69) is 10.6 Å². The quantitative estimate of drug-likeness (QED) is 0.710. The normalized spacial score (nSPS) is 20.8. The van der Waals surface area contributed by atoms with Crippen molar-refractivity contribution in [1.82, 2.24) is 20.4 Å². The summed E-state index contributed by atoms with van der Waals surface area (Å²) >= 11 is 5.63. The van der Waals surface area contributed by atoms with Gasteiger partial charge in [0.2, 0.25) is 0 Å². The molecular weight excluding hydrogens is 387 g/mol. The second-order valence-corrected chi connectivity index (χ2v) is 7.71. The number of likely N-dealkylation sites (tertiary alicyclic amines) is 2. The van der Waals surface area contributed by atoms with Crippen molar-refractivity contribution in [3.8, 4) is 0 Å². The molecule has 4 amide bonds. The number of benzene rings is 1. The fraction of sp³-hybridized carbons (Fsp3) is 0.579. The highest BCUT2D eigenvalue weighted by Crippen LogP contribution is 2.20. The molecule has 3 rings (SSSR count). The number of nitrogens with zero attached hydrogens (tertiary/aromatic N) is 2. The van der Waals surface area contributed by atoms with Crippen molar-refractivity contribution in [3.05, 3.63) is 34.6 Å². The van der Waals surface area contributed by atoms with Crippen molar-refractivity contribution in [2.24, 2.45) is 0 Å². The minimum atomic E-state index is -1.04. The summed E-state index contributed by atoms with van der Waals surface area (Å²) in [4.78, 5) is 28.3. The molecule has 2 aliphatic rings. The van der Waals surface area contributed by atoms with Gasteiger partial charge < -0.3 is 25.5 Å². The highest BCUT2D eigenvalue weighted by Gasteiger charge is 2.29. The third-order valence-electron chi connectivity index (χ3n) is 5.19. The summed E-state index contributed by atoms with van der Waals surface area (Å²) in [5.74, 6) is -0.618. The first kappa shape index (κ1) is 20.7. The Morgan fingerprint density at radius 1 is 1.21 bits per heavy atom. The molecule has 9 heteroatoms. The van der Waals surface area contributed by atoms with Crippen LogP contribution in [0.25, 0.3) is 0 Å². The molecule has 1 aromatic carbocycles. The van der Waals surface area contributed by atoms with Crippen LogP contribution < -0.4 is 10.6 Å². The lowest BCUT2D eigenvalue weighted by molar-refractivity contribution is 0.141. The second kappa shape index (κ2) is 9.43. The number of halogens is 2. The number of rotatable bonds is 4. The first-order chi connectivity index (χ1) is 13.4. The van der Waals surface area contributed by atoms with Gasteiger partial charge in [0, 0.05) is 38.8 Å². The molecular formula is C19H26ClFN4O3. The van der Waals surface area contributed by atoms with Crippen molar-refractivity contribution >= 4 is 23.7 Å². The van der Waals surface area contributed by atoms with Gasteiger partial charge in [-0.3, -0.25) is 0 Å². The van der Waals surface area contributed by atoms with Crippen molar-refractivity contribution < 1.29 is 19.1 Å². The van der Waals surface area contributed by atoms with Gasteiger partial charge >= 0.3 is 12.1 Å². The Labute approximate surface area is 168 Å². The molecule has 2 saturated heterocycles. The maximum atomic E-state index is 13.5. The van der Waals surface area contributed by atoms with Crippen LogP contribution in [0.1, 0.15) is 37.4 Å². The molecule has 2 fully saturated rings. The van der Waals surface area contributed by atoms with E-state index in [1.807, 2.05) is 4.90 Å². The molecule has 28 heavy (non-hydrogen) atoms. The minimum absolute atomic E-state index is 0.0213. The molecule has 0 saturated carbocycles. The summed E-state index contributed by atoms with van der Waals surface area (Å²) in [6, 6.07) is 3.52. The molecule has 0 aromatic heterocycles. The van der Waals surface area contributed by atoms with Crippen molar-refractivity contribution in [2.75, 3.05) is 32.7 Å². The average Bonchev–Trinajstić information content (AvgIpc) is 3.22. The fourth-order valence-electron chi connectivity index (χ4n) is 3.64. The summed E-state index contributed by atoms with van der Waals surface area (Å²) in [5.41, 5.74) is 0.335. The van der Waals surface area contributed by atoms with Gasteiger partial charge in [-0.05, 0) is 43.4 Å². The van der Waals surface area contributed by atoms with Crippen LogP contribution in [-0.4, -0.2) is 65.7 Å². The van der Waals surface area contributed by atoms with E-state index < -0.39 is 18.0 Å². The van der Waals surface area contributed by atoms with Crippen LogP contribution in [0.15, 0.2) is 18.2 Å². The summed E-state index contributed by atoms with van der Waals surface area (Å²) in [6.07, 6.45) is 2.67. The van der Waals surface area contributed by atoms with Gasteiger partial charge in [-0.1, -0.05) is 17.7 Å². The maximum absolute atomic E-state index is 13.5. The van der Waals surface area contributed by atoms with Crippen LogP contribution in [0.5, 0.6) is 0 Å². The van der Waals surface area contributed by atoms with E-state index in [4.69, 9.17) is 11.6 Å². The first-order valence-corrected chi connectivity index (χ1v) is 10.0. The highest BCUT2D eigenvalue weighted by molar-refractivity contribution is 6.30. The summed E-state index contributed by atoms with van der Waals surface area (Å²) in [6.45, 7) is 2.73. The van der Waals surface area contributed by atoms with Crippen molar-refractivity contribution in [3.63, 3.8) is 0 Å². The largest absolute Gasteiger partial charge is 0.387 e. The molecule has 0 bridgehead atoms. The van der Waals surface area contributed by atoms with Crippen LogP contribution in [0.2, 0.25) is 5.02 Å². The van der Waals surface area contributed by atoms with E-state index in [-0.39, 0.29) is 23.6 Å². The third kappa shape index (κ3) is 5.26. The topological polar surface area (TPSA) is 84.9 Å². The van der Waals surface area contributed by atoms with E-state index in [0.717, 1.165) is 44.8 Å². The van der Waals surface area contributed by atoms with Crippen LogP contribution >= 0.6 is 11.6 Å². The summed E-state index contributed by atoms with van der Waals surface area (Å²) in [7, 11) is 0.